The number of carbonyl (C=O) groups is 2. The molecule has 0 unspecified atom stereocenters. The first kappa shape index (κ1) is 20.6. The lowest BCUT2D eigenvalue weighted by molar-refractivity contribution is 0.0696. The number of hydrogen-bond donors (Lipinski definition) is 2. The average Bonchev–Trinajstić information content (AvgIpc) is 2.69. The number of carbonyl (C=O) groups excluding carboxylic acids is 1. The van der Waals surface area contributed by atoms with Crippen LogP contribution in [0.3, 0.4) is 0 Å². The fourth-order valence-electron chi connectivity index (χ4n) is 2.58. The summed E-state index contributed by atoms with van der Waals surface area (Å²) in [6.07, 6.45) is 1.38. The SMILES string of the molecule is C[C@H](NC(=O)c1cc(Cl)cnc1Oc1cccc(Cl)c1)c1ccc(C(=O)O)cc1. The van der Waals surface area contributed by atoms with Gasteiger partial charge in [-0.1, -0.05) is 41.4 Å². The molecule has 0 bridgehead atoms. The van der Waals surface area contributed by atoms with E-state index in [1.165, 1.54) is 24.4 Å². The van der Waals surface area contributed by atoms with Gasteiger partial charge in [-0.3, -0.25) is 4.79 Å². The van der Waals surface area contributed by atoms with Crippen LogP contribution < -0.4 is 10.1 Å². The number of nitrogens with one attached hydrogen (secondary N) is 1. The lowest BCUT2D eigenvalue weighted by atomic mass is 10.1. The van der Waals surface area contributed by atoms with Gasteiger partial charge in [-0.25, -0.2) is 9.78 Å². The summed E-state index contributed by atoms with van der Waals surface area (Å²) in [5.41, 5.74) is 1.07. The van der Waals surface area contributed by atoms with E-state index < -0.39 is 11.9 Å². The number of carboxylic acid groups (broad SMARTS) is 1. The highest BCUT2D eigenvalue weighted by molar-refractivity contribution is 6.31. The molecule has 1 amide bonds. The van der Waals surface area contributed by atoms with Crippen LogP contribution in [-0.2, 0) is 0 Å². The Labute approximate surface area is 177 Å². The number of ether oxygens (including phenoxy) is 1. The number of rotatable bonds is 6. The largest absolute Gasteiger partial charge is 0.478 e. The second kappa shape index (κ2) is 8.94. The maximum Gasteiger partial charge on any atom is 0.335 e. The molecule has 1 aromatic heterocycles. The smallest absolute Gasteiger partial charge is 0.335 e. The van der Waals surface area contributed by atoms with E-state index in [9.17, 15) is 9.59 Å². The topological polar surface area (TPSA) is 88.5 Å². The number of pyridine rings is 1. The van der Waals surface area contributed by atoms with E-state index in [2.05, 4.69) is 10.3 Å². The quantitative estimate of drug-likeness (QED) is 0.548. The monoisotopic (exact) mass is 430 g/mol. The molecule has 0 aliphatic carbocycles. The molecule has 29 heavy (non-hydrogen) atoms. The van der Waals surface area contributed by atoms with E-state index in [1.807, 2.05) is 0 Å². The minimum absolute atomic E-state index is 0.0857. The molecule has 8 heteroatoms. The van der Waals surface area contributed by atoms with Crippen LogP contribution in [0.4, 0.5) is 0 Å². The van der Waals surface area contributed by atoms with Crippen LogP contribution in [0.5, 0.6) is 11.6 Å². The third-order valence-corrected chi connectivity index (χ3v) is 4.52. The number of amides is 1. The molecular formula is C21H16Cl2N2O4. The van der Waals surface area contributed by atoms with Crippen molar-refractivity contribution in [2.24, 2.45) is 0 Å². The van der Waals surface area contributed by atoms with Crippen molar-refractivity contribution in [3.8, 4) is 11.6 Å². The lowest BCUT2D eigenvalue weighted by Crippen LogP contribution is -2.27. The Kier molecular flexibility index (Phi) is 6.36. The molecule has 0 aliphatic rings. The van der Waals surface area contributed by atoms with Crippen molar-refractivity contribution < 1.29 is 19.4 Å². The highest BCUT2D eigenvalue weighted by Crippen LogP contribution is 2.27. The molecule has 6 nitrogen and oxygen atoms in total. The molecule has 148 valence electrons. The van der Waals surface area contributed by atoms with E-state index >= 15 is 0 Å². The van der Waals surface area contributed by atoms with Gasteiger partial charge in [0.05, 0.1) is 16.6 Å². The molecule has 1 atom stereocenters. The van der Waals surface area contributed by atoms with Gasteiger partial charge in [0.25, 0.3) is 5.91 Å². The van der Waals surface area contributed by atoms with Crippen molar-refractivity contribution in [1.29, 1.82) is 0 Å². The molecule has 1 heterocycles. The van der Waals surface area contributed by atoms with Gasteiger partial charge in [0.15, 0.2) is 0 Å². The molecule has 2 N–H and O–H groups in total. The van der Waals surface area contributed by atoms with Crippen molar-refractivity contribution in [2.45, 2.75) is 13.0 Å². The fraction of sp³-hybridized carbons (Fsp3) is 0.0952. The highest BCUT2D eigenvalue weighted by atomic mass is 35.5. The molecule has 0 saturated heterocycles. The molecular weight excluding hydrogens is 415 g/mol. The maximum absolute atomic E-state index is 12.8. The minimum atomic E-state index is -1.01. The van der Waals surface area contributed by atoms with E-state index in [-0.39, 0.29) is 28.1 Å². The van der Waals surface area contributed by atoms with E-state index in [0.29, 0.717) is 10.8 Å². The van der Waals surface area contributed by atoms with Gasteiger partial charge in [-0.15, -0.1) is 0 Å². The minimum Gasteiger partial charge on any atom is -0.478 e. The number of benzene rings is 2. The molecule has 2 aromatic carbocycles. The van der Waals surface area contributed by atoms with Crippen LogP contribution in [0, 0.1) is 0 Å². The second-order valence-electron chi connectivity index (χ2n) is 6.19. The fourth-order valence-corrected chi connectivity index (χ4v) is 2.92. The zero-order valence-corrected chi connectivity index (χ0v) is 16.7. The summed E-state index contributed by atoms with van der Waals surface area (Å²) >= 11 is 12.0. The molecule has 0 saturated carbocycles. The zero-order valence-electron chi connectivity index (χ0n) is 15.2. The van der Waals surface area contributed by atoms with Crippen molar-refractivity contribution in [3.05, 3.63) is 87.5 Å². The molecule has 0 radical (unpaired) electrons. The standard InChI is InChI=1S/C21H16Cl2N2O4/c1-12(13-5-7-14(8-6-13)21(27)28)25-19(26)18-10-16(23)11-24-20(18)29-17-4-2-3-15(22)9-17/h2-12H,1H3,(H,25,26)(H,27,28)/t12-/m0/s1. The first-order chi connectivity index (χ1) is 13.8. The highest BCUT2D eigenvalue weighted by Gasteiger charge is 2.19. The Balaban J connectivity index is 1.80. The average molecular weight is 431 g/mol. The molecule has 3 aromatic rings. The van der Waals surface area contributed by atoms with Crippen LogP contribution >= 0.6 is 23.2 Å². The van der Waals surface area contributed by atoms with Crippen LogP contribution in [0.15, 0.2) is 60.8 Å². The Hall–Kier alpha value is -3.09. The summed E-state index contributed by atoms with van der Waals surface area (Å²) in [7, 11) is 0. The van der Waals surface area contributed by atoms with Crippen LogP contribution in [-0.4, -0.2) is 22.0 Å². The zero-order chi connectivity index (χ0) is 21.0. The van der Waals surface area contributed by atoms with E-state index in [4.69, 9.17) is 33.0 Å². The molecule has 3 rings (SSSR count). The Morgan fingerprint density at radius 1 is 1.07 bits per heavy atom. The number of halogens is 2. The number of hydrogen-bond acceptors (Lipinski definition) is 4. The van der Waals surface area contributed by atoms with Crippen molar-refractivity contribution in [1.82, 2.24) is 10.3 Å². The number of carboxylic acids is 1. The van der Waals surface area contributed by atoms with Gasteiger partial charge in [0, 0.05) is 11.2 Å². The summed E-state index contributed by atoms with van der Waals surface area (Å²) in [6, 6.07) is 14.0. The van der Waals surface area contributed by atoms with Gasteiger partial charge in [-0.05, 0) is 48.9 Å². The summed E-state index contributed by atoms with van der Waals surface area (Å²) < 4.78 is 5.72. The number of nitrogens with zero attached hydrogens (tertiary/aromatic N) is 1. The summed E-state index contributed by atoms with van der Waals surface area (Å²) in [6.45, 7) is 1.78. The first-order valence-corrected chi connectivity index (χ1v) is 9.32. The van der Waals surface area contributed by atoms with Gasteiger partial charge in [-0.2, -0.15) is 0 Å². The van der Waals surface area contributed by atoms with Crippen LogP contribution in [0.1, 0.15) is 39.2 Å². The number of aromatic carboxylic acids is 1. The summed E-state index contributed by atoms with van der Waals surface area (Å²) in [5, 5.41) is 12.6. The lowest BCUT2D eigenvalue weighted by Gasteiger charge is -2.16. The molecule has 0 aliphatic heterocycles. The van der Waals surface area contributed by atoms with Crippen LogP contribution in [0.25, 0.3) is 0 Å². The predicted octanol–water partition coefficient (Wildman–Crippen LogP) is 5.37. The van der Waals surface area contributed by atoms with Gasteiger partial charge in [0.2, 0.25) is 5.88 Å². The summed E-state index contributed by atoms with van der Waals surface area (Å²) in [4.78, 5) is 27.9. The molecule has 0 spiro atoms. The van der Waals surface area contributed by atoms with Crippen LogP contribution in [0.2, 0.25) is 10.0 Å². The van der Waals surface area contributed by atoms with E-state index in [1.54, 1.807) is 43.3 Å². The van der Waals surface area contributed by atoms with Crippen molar-refractivity contribution in [2.75, 3.05) is 0 Å². The van der Waals surface area contributed by atoms with Gasteiger partial charge >= 0.3 is 5.97 Å². The second-order valence-corrected chi connectivity index (χ2v) is 7.06. The third-order valence-electron chi connectivity index (χ3n) is 4.08. The van der Waals surface area contributed by atoms with E-state index in [0.717, 1.165) is 5.56 Å². The van der Waals surface area contributed by atoms with Crippen molar-refractivity contribution >= 4 is 35.1 Å². The Morgan fingerprint density at radius 2 is 1.79 bits per heavy atom. The summed E-state index contributed by atoms with van der Waals surface area (Å²) in [5.74, 6) is -0.936. The Morgan fingerprint density at radius 3 is 2.45 bits per heavy atom. The first-order valence-electron chi connectivity index (χ1n) is 8.56. The maximum atomic E-state index is 12.8. The van der Waals surface area contributed by atoms with Gasteiger partial charge in [0.1, 0.15) is 11.3 Å². The predicted molar refractivity (Wildman–Crippen MR) is 110 cm³/mol. The van der Waals surface area contributed by atoms with Crippen molar-refractivity contribution in [3.63, 3.8) is 0 Å². The number of aromatic nitrogens is 1. The third kappa shape index (κ3) is 5.25. The molecule has 0 fully saturated rings. The van der Waals surface area contributed by atoms with Gasteiger partial charge < -0.3 is 15.2 Å². The Bertz CT molecular complexity index is 1050. The normalized spacial score (nSPS) is 11.6.